The first-order valence-corrected chi connectivity index (χ1v) is 6.13. The summed E-state index contributed by atoms with van der Waals surface area (Å²) in [4.78, 5) is 11.2. The van der Waals surface area contributed by atoms with E-state index in [4.69, 9.17) is 9.84 Å². The number of likely N-dealkylation sites (N-methyl/N-ethyl adjacent to an activating group) is 1. The molecule has 19 heavy (non-hydrogen) atoms. The van der Waals surface area contributed by atoms with E-state index >= 15 is 0 Å². The van der Waals surface area contributed by atoms with Crippen LogP contribution in [-0.2, 0) is 4.79 Å². The normalized spacial score (nSPS) is 15.6. The van der Waals surface area contributed by atoms with E-state index in [9.17, 15) is 9.18 Å². The zero-order valence-corrected chi connectivity index (χ0v) is 11.7. The van der Waals surface area contributed by atoms with Gasteiger partial charge in [-0.2, -0.15) is 0 Å². The molecule has 0 fully saturated rings. The van der Waals surface area contributed by atoms with Crippen LogP contribution in [0.15, 0.2) is 18.2 Å². The minimum atomic E-state index is -1.05. The zero-order valence-electron chi connectivity index (χ0n) is 11.7. The Morgan fingerprint density at radius 2 is 2.21 bits per heavy atom. The fourth-order valence-corrected chi connectivity index (χ4v) is 1.84. The number of aliphatic carboxylic acids is 1. The molecule has 0 spiro atoms. The monoisotopic (exact) mass is 269 g/mol. The Morgan fingerprint density at radius 3 is 2.68 bits per heavy atom. The average Bonchev–Trinajstić information content (AvgIpc) is 2.33. The van der Waals surface area contributed by atoms with Crippen molar-refractivity contribution in [3.05, 3.63) is 29.6 Å². The Hall–Kier alpha value is -1.62. The van der Waals surface area contributed by atoms with Crippen LogP contribution in [0.2, 0.25) is 0 Å². The number of hydrogen-bond acceptors (Lipinski definition) is 3. The molecule has 0 radical (unpaired) electrons. The number of carboxylic acid groups (broad SMARTS) is 1. The van der Waals surface area contributed by atoms with Crippen molar-refractivity contribution in [3.8, 4) is 5.75 Å². The van der Waals surface area contributed by atoms with Gasteiger partial charge in [0.2, 0.25) is 0 Å². The summed E-state index contributed by atoms with van der Waals surface area (Å²) in [5.74, 6) is -0.679. The molecular formula is C14H20FNO3. The highest BCUT2D eigenvalue weighted by atomic mass is 19.1. The maximum atomic E-state index is 13.1. The summed E-state index contributed by atoms with van der Waals surface area (Å²) >= 11 is 0. The number of benzene rings is 1. The van der Waals surface area contributed by atoms with E-state index in [1.54, 1.807) is 33.9 Å². The van der Waals surface area contributed by atoms with E-state index in [2.05, 4.69) is 5.32 Å². The molecule has 106 valence electrons. The van der Waals surface area contributed by atoms with Gasteiger partial charge in [0.05, 0.1) is 6.10 Å². The van der Waals surface area contributed by atoms with E-state index in [0.717, 1.165) is 0 Å². The molecule has 2 unspecified atom stereocenters. The lowest BCUT2D eigenvalue weighted by atomic mass is 9.95. The van der Waals surface area contributed by atoms with Gasteiger partial charge in [0.15, 0.2) is 0 Å². The first-order valence-electron chi connectivity index (χ1n) is 6.13. The molecule has 0 aliphatic carbocycles. The van der Waals surface area contributed by atoms with Crippen LogP contribution in [0.3, 0.4) is 0 Å². The zero-order chi connectivity index (χ0) is 14.6. The lowest BCUT2D eigenvalue weighted by Gasteiger charge is -2.27. The highest BCUT2D eigenvalue weighted by molar-refractivity contribution is 5.78. The van der Waals surface area contributed by atoms with Gasteiger partial charge in [-0.05, 0) is 51.6 Å². The molecule has 0 bridgehead atoms. The van der Waals surface area contributed by atoms with Crippen LogP contribution in [0.5, 0.6) is 5.75 Å². The summed E-state index contributed by atoms with van der Waals surface area (Å²) in [5, 5.41) is 11.9. The minimum absolute atomic E-state index is 0.286. The van der Waals surface area contributed by atoms with Crippen molar-refractivity contribution >= 4 is 5.97 Å². The molecule has 1 aromatic rings. The predicted octanol–water partition coefficient (Wildman–Crippen LogP) is 2.35. The summed E-state index contributed by atoms with van der Waals surface area (Å²) in [5.41, 5.74) is -0.548. The van der Waals surface area contributed by atoms with Gasteiger partial charge in [0, 0.05) is 6.42 Å². The van der Waals surface area contributed by atoms with Crippen molar-refractivity contribution in [2.45, 2.75) is 38.8 Å². The smallest absolute Gasteiger partial charge is 0.323 e. The van der Waals surface area contributed by atoms with Crippen molar-refractivity contribution in [3.63, 3.8) is 0 Å². The van der Waals surface area contributed by atoms with Crippen molar-refractivity contribution in [2.24, 2.45) is 0 Å². The van der Waals surface area contributed by atoms with Crippen LogP contribution in [0.4, 0.5) is 4.39 Å². The molecule has 2 N–H and O–H groups in total. The molecule has 0 saturated carbocycles. The quantitative estimate of drug-likeness (QED) is 0.832. The second-order valence-electron chi connectivity index (χ2n) is 4.93. The summed E-state index contributed by atoms with van der Waals surface area (Å²) in [7, 11) is 1.60. The maximum absolute atomic E-state index is 13.1. The third kappa shape index (κ3) is 3.92. The molecule has 1 rings (SSSR count). The summed E-state index contributed by atoms with van der Waals surface area (Å²) < 4.78 is 18.8. The molecular weight excluding hydrogens is 249 g/mol. The van der Waals surface area contributed by atoms with Gasteiger partial charge in [-0.15, -0.1) is 0 Å². The summed E-state index contributed by atoms with van der Waals surface area (Å²) in [6.45, 7) is 5.05. The van der Waals surface area contributed by atoms with Gasteiger partial charge in [0.1, 0.15) is 17.1 Å². The average molecular weight is 269 g/mol. The fraction of sp³-hybridized carbons (Fsp3) is 0.500. The maximum Gasteiger partial charge on any atom is 0.323 e. The largest absolute Gasteiger partial charge is 0.491 e. The van der Waals surface area contributed by atoms with Crippen molar-refractivity contribution in [2.75, 3.05) is 7.05 Å². The summed E-state index contributed by atoms with van der Waals surface area (Å²) in [6.07, 6.45) is -0.00618. The molecule has 0 aliphatic heterocycles. The Kier molecular flexibility index (Phi) is 4.89. The molecule has 0 heterocycles. The number of aryl methyl sites for hydroxylation is 1. The molecule has 4 nitrogen and oxygen atoms in total. The van der Waals surface area contributed by atoms with Crippen LogP contribution >= 0.6 is 0 Å². The highest BCUT2D eigenvalue weighted by Crippen LogP contribution is 2.21. The third-order valence-corrected chi connectivity index (χ3v) is 3.19. The van der Waals surface area contributed by atoms with E-state index in [1.807, 2.05) is 0 Å². The number of halogens is 1. The third-order valence-electron chi connectivity index (χ3n) is 3.19. The van der Waals surface area contributed by atoms with Gasteiger partial charge in [-0.1, -0.05) is 0 Å². The second-order valence-corrected chi connectivity index (χ2v) is 4.93. The lowest BCUT2D eigenvalue weighted by Crippen LogP contribution is -2.50. The van der Waals surface area contributed by atoms with Gasteiger partial charge < -0.3 is 15.2 Å². The number of hydrogen-bond donors (Lipinski definition) is 2. The van der Waals surface area contributed by atoms with Gasteiger partial charge in [-0.3, -0.25) is 4.79 Å². The standard InChI is InChI=1S/C14H20FNO3/c1-9-7-11(5-6-12(9)15)19-10(2)8-14(3,16-4)13(17)18/h5-7,10,16H,8H2,1-4H3,(H,17,18). The van der Waals surface area contributed by atoms with Crippen LogP contribution < -0.4 is 10.1 Å². The minimum Gasteiger partial charge on any atom is -0.491 e. The first kappa shape index (κ1) is 15.4. The fourth-order valence-electron chi connectivity index (χ4n) is 1.84. The van der Waals surface area contributed by atoms with E-state index in [1.165, 1.54) is 12.1 Å². The first-order chi connectivity index (χ1) is 8.78. The Labute approximate surface area is 112 Å². The van der Waals surface area contributed by atoms with E-state index in [0.29, 0.717) is 17.7 Å². The Morgan fingerprint density at radius 1 is 1.58 bits per heavy atom. The van der Waals surface area contributed by atoms with Crippen LogP contribution in [0.1, 0.15) is 25.8 Å². The molecule has 1 aromatic carbocycles. The van der Waals surface area contributed by atoms with E-state index < -0.39 is 11.5 Å². The lowest BCUT2D eigenvalue weighted by molar-refractivity contribution is -0.145. The predicted molar refractivity (Wildman–Crippen MR) is 70.9 cm³/mol. The number of carbonyl (C=O) groups is 1. The van der Waals surface area contributed by atoms with E-state index in [-0.39, 0.29) is 11.9 Å². The van der Waals surface area contributed by atoms with Crippen LogP contribution in [0.25, 0.3) is 0 Å². The second kappa shape index (κ2) is 6.02. The van der Waals surface area contributed by atoms with Crippen molar-refractivity contribution < 1.29 is 19.0 Å². The number of nitrogens with one attached hydrogen (secondary N) is 1. The van der Waals surface area contributed by atoms with Gasteiger partial charge in [-0.25, -0.2) is 4.39 Å². The molecule has 2 atom stereocenters. The Balaban J connectivity index is 2.71. The number of rotatable bonds is 6. The molecule has 5 heteroatoms. The van der Waals surface area contributed by atoms with Gasteiger partial charge >= 0.3 is 5.97 Å². The van der Waals surface area contributed by atoms with Crippen molar-refractivity contribution in [1.29, 1.82) is 0 Å². The number of carboxylic acids is 1. The van der Waals surface area contributed by atoms with Crippen LogP contribution in [0, 0.1) is 12.7 Å². The molecule has 0 aromatic heterocycles. The molecule has 0 aliphatic rings. The topological polar surface area (TPSA) is 58.6 Å². The van der Waals surface area contributed by atoms with Gasteiger partial charge in [0.25, 0.3) is 0 Å². The molecule has 0 saturated heterocycles. The summed E-state index contributed by atoms with van der Waals surface area (Å²) in [6, 6.07) is 4.48. The van der Waals surface area contributed by atoms with Crippen LogP contribution in [-0.4, -0.2) is 29.8 Å². The highest BCUT2D eigenvalue weighted by Gasteiger charge is 2.33. The SMILES string of the molecule is CNC(C)(CC(C)Oc1ccc(F)c(C)c1)C(=O)O. The molecule has 0 amide bonds. The Bertz CT molecular complexity index is 464. The number of ether oxygens (including phenoxy) is 1. The van der Waals surface area contributed by atoms with Crippen molar-refractivity contribution in [1.82, 2.24) is 5.32 Å².